The van der Waals surface area contributed by atoms with Gasteiger partial charge in [-0.05, 0) is 30.7 Å². The largest absolute Gasteiger partial charge is 0.478 e. The summed E-state index contributed by atoms with van der Waals surface area (Å²) in [5.41, 5.74) is 2.20. The Kier molecular flexibility index (Phi) is 4.30. The monoisotopic (exact) mass is 422 g/mol. The maximum absolute atomic E-state index is 11.1. The Morgan fingerprint density at radius 3 is 2.59 bits per heavy atom. The molecule has 0 amide bonds. The van der Waals surface area contributed by atoms with Gasteiger partial charge >= 0.3 is 5.97 Å². The summed E-state index contributed by atoms with van der Waals surface area (Å²) in [6.45, 7) is 1.92. The summed E-state index contributed by atoms with van der Waals surface area (Å²) < 4.78 is 7.05. The van der Waals surface area contributed by atoms with E-state index in [-0.39, 0.29) is 27.3 Å². The minimum atomic E-state index is -1.18. The number of carboxylic acid groups (broad SMARTS) is 1. The van der Waals surface area contributed by atoms with Gasteiger partial charge in [-0.25, -0.2) is 9.78 Å². The summed E-state index contributed by atoms with van der Waals surface area (Å²) in [7, 11) is 0. The van der Waals surface area contributed by atoms with Crippen LogP contribution >= 0.6 is 34.8 Å². The number of benzene rings is 1. The Bertz CT molecular complexity index is 1220. The lowest BCUT2D eigenvalue weighted by atomic mass is 10.1. The number of hydrogen-bond donors (Lipinski definition) is 1. The van der Waals surface area contributed by atoms with Crippen molar-refractivity contribution in [3.63, 3.8) is 0 Å². The first-order valence-corrected chi connectivity index (χ1v) is 8.68. The number of carboxylic acids is 1. The van der Waals surface area contributed by atoms with Crippen LogP contribution in [0.15, 0.2) is 35.1 Å². The standard InChI is InChI=1S/C17H9Cl3N4O3/c1-7-2-12(20)15-21-13(6-24(15)5-7)16-22-14(23-27-16)8-3-11(19)9(17(25)26)4-10(8)18/h2-6H,1H3,(H,25,26). The van der Waals surface area contributed by atoms with Crippen molar-refractivity contribution in [2.45, 2.75) is 6.92 Å². The van der Waals surface area contributed by atoms with E-state index >= 15 is 0 Å². The number of rotatable bonds is 3. The van der Waals surface area contributed by atoms with Crippen LogP contribution in [-0.4, -0.2) is 30.6 Å². The average molecular weight is 424 g/mol. The van der Waals surface area contributed by atoms with E-state index in [9.17, 15) is 4.79 Å². The summed E-state index contributed by atoms with van der Waals surface area (Å²) >= 11 is 18.4. The smallest absolute Gasteiger partial charge is 0.337 e. The Labute approximate surface area is 167 Å². The van der Waals surface area contributed by atoms with Crippen molar-refractivity contribution in [2.75, 3.05) is 0 Å². The SMILES string of the molecule is Cc1cc(Cl)c2nc(-c3nc(-c4cc(Cl)c(C(=O)O)cc4Cl)no3)cn2c1. The topological polar surface area (TPSA) is 93.5 Å². The number of halogens is 3. The van der Waals surface area contributed by atoms with E-state index in [0.29, 0.717) is 21.9 Å². The second-order valence-electron chi connectivity index (χ2n) is 5.76. The van der Waals surface area contributed by atoms with Gasteiger partial charge in [-0.2, -0.15) is 4.98 Å². The third-order valence-electron chi connectivity index (χ3n) is 3.82. The van der Waals surface area contributed by atoms with Gasteiger partial charge in [-0.3, -0.25) is 0 Å². The van der Waals surface area contributed by atoms with Gasteiger partial charge in [-0.1, -0.05) is 40.0 Å². The Morgan fingerprint density at radius 1 is 1.07 bits per heavy atom. The molecular weight excluding hydrogens is 415 g/mol. The first-order chi connectivity index (χ1) is 12.8. The molecule has 0 unspecified atom stereocenters. The molecule has 0 saturated heterocycles. The average Bonchev–Trinajstić information content (AvgIpc) is 3.23. The molecule has 1 N–H and O–H groups in total. The molecule has 27 heavy (non-hydrogen) atoms. The third kappa shape index (κ3) is 3.14. The quantitative estimate of drug-likeness (QED) is 0.497. The van der Waals surface area contributed by atoms with Crippen LogP contribution in [0.5, 0.6) is 0 Å². The van der Waals surface area contributed by atoms with Gasteiger partial charge < -0.3 is 14.0 Å². The Hall–Kier alpha value is -2.61. The van der Waals surface area contributed by atoms with Crippen molar-refractivity contribution in [3.8, 4) is 23.0 Å². The zero-order valence-corrected chi connectivity index (χ0v) is 15.8. The van der Waals surface area contributed by atoms with Crippen molar-refractivity contribution in [1.29, 1.82) is 0 Å². The molecule has 4 aromatic rings. The summed E-state index contributed by atoms with van der Waals surface area (Å²) in [6.07, 6.45) is 3.59. The number of carbonyl (C=O) groups is 1. The lowest BCUT2D eigenvalue weighted by Gasteiger charge is -2.03. The lowest BCUT2D eigenvalue weighted by Crippen LogP contribution is -1.98. The first kappa shape index (κ1) is 17.8. The maximum atomic E-state index is 11.1. The Balaban J connectivity index is 1.77. The van der Waals surface area contributed by atoms with Gasteiger partial charge in [0.1, 0.15) is 5.69 Å². The van der Waals surface area contributed by atoms with E-state index < -0.39 is 5.97 Å². The van der Waals surface area contributed by atoms with Crippen molar-refractivity contribution >= 4 is 46.4 Å². The molecule has 0 aliphatic heterocycles. The lowest BCUT2D eigenvalue weighted by molar-refractivity contribution is 0.0697. The minimum Gasteiger partial charge on any atom is -0.478 e. The van der Waals surface area contributed by atoms with Gasteiger partial charge in [0, 0.05) is 18.0 Å². The molecule has 4 rings (SSSR count). The molecule has 0 spiro atoms. The molecule has 0 bridgehead atoms. The first-order valence-electron chi connectivity index (χ1n) is 7.55. The molecular formula is C17H9Cl3N4O3. The zero-order valence-electron chi connectivity index (χ0n) is 13.6. The van der Waals surface area contributed by atoms with Gasteiger partial charge in [0.15, 0.2) is 5.65 Å². The fraction of sp³-hybridized carbons (Fsp3) is 0.0588. The number of aryl methyl sites for hydroxylation is 1. The molecule has 10 heteroatoms. The second kappa shape index (κ2) is 6.53. The van der Waals surface area contributed by atoms with Crippen molar-refractivity contribution < 1.29 is 14.4 Å². The second-order valence-corrected chi connectivity index (χ2v) is 6.98. The predicted molar refractivity (Wildman–Crippen MR) is 101 cm³/mol. The number of aromatic nitrogens is 4. The highest BCUT2D eigenvalue weighted by Crippen LogP contribution is 2.33. The predicted octanol–water partition coefficient (Wildman–Crippen LogP) is 5.02. The van der Waals surface area contributed by atoms with Gasteiger partial charge in [0.2, 0.25) is 5.82 Å². The zero-order chi connectivity index (χ0) is 19.3. The molecule has 3 aromatic heterocycles. The van der Waals surface area contributed by atoms with Crippen molar-refractivity contribution in [3.05, 3.63) is 56.8 Å². The van der Waals surface area contributed by atoms with Gasteiger partial charge in [0.05, 0.1) is 20.6 Å². The normalized spacial score (nSPS) is 11.3. The minimum absolute atomic E-state index is 0.0169. The van der Waals surface area contributed by atoms with E-state index in [1.165, 1.54) is 12.1 Å². The highest BCUT2D eigenvalue weighted by atomic mass is 35.5. The molecule has 0 aliphatic rings. The summed E-state index contributed by atoms with van der Waals surface area (Å²) in [5.74, 6) is -0.857. The summed E-state index contributed by atoms with van der Waals surface area (Å²) in [6, 6.07) is 4.43. The molecule has 0 fully saturated rings. The summed E-state index contributed by atoms with van der Waals surface area (Å²) in [4.78, 5) is 19.8. The van der Waals surface area contributed by atoms with Crippen LogP contribution in [0.3, 0.4) is 0 Å². The molecule has 0 saturated carbocycles. The Morgan fingerprint density at radius 2 is 1.85 bits per heavy atom. The van der Waals surface area contributed by atoms with E-state index in [1.54, 1.807) is 16.7 Å². The number of aromatic carboxylic acids is 1. The van der Waals surface area contributed by atoms with Crippen LogP contribution in [0.4, 0.5) is 0 Å². The molecule has 0 radical (unpaired) electrons. The molecule has 7 nitrogen and oxygen atoms in total. The molecule has 136 valence electrons. The van der Waals surface area contributed by atoms with Gasteiger partial charge in [0.25, 0.3) is 5.89 Å². The van der Waals surface area contributed by atoms with Crippen molar-refractivity contribution in [1.82, 2.24) is 19.5 Å². The fourth-order valence-electron chi connectivity index (χ4n) is 2.61. The molecule has 3 heterocycles. The molecule has 0 aliphatic carbocycles. The van der Waals surface area contributed by atoms with E-state index in [2.05, 4.69) is 15.1 Å². The van der Waals surface area contributed by atoms with E-state index in [1.807, 2.05) is 13.1 Å². The van der Waals surface area contributed by atoms with Crippen LogP contribution in [0.25, 0.3) is 28.6 Å². The fourth-order valence-corrected chi connectivity index (χ4v) is 3.42. The van der Waals surface area contributed by atoms with Crippen LogP contribution in [0.1, 0.15) is 15.9 Å². The number of imidazole rings is 1. The van der Waals surface area contributed by atoms with E-state index in [4.69, 9.17) is 44.4 Å². The van der Waals surface area contributed by atoms with Crippen LogP contribution in [-0.2, 0) is 0 Å². The van der Waals surface area contributed by atoms with Crippen molar-refractivity contribution in [2.24, 2.45) is 0 Å². The number of hydrogen-bond acceptors (Lipinski definition) is 5. The highest BCUT2D eigenvalue weighted by Gasteiger charge is 2.19. The van der Waals surface area contributed by atoms with E-state index in [0.717, 1.165) is 5.56 Å². The van der Waals surface area contributed by atoms with Crippen LogP contribution in [0, 0.1) is 6.92 Å². The van der Waals surface area contributed by atoms with Crippen LogP contribution in [0.2, 0.25) is 15.1 Å². The number of pyridine rings is 1. The summed E-state index contributed by atoms with van der Waals surface area (Å²) in [5, 5.41) is 13.6. The molecule has 1 aromatic carbocycles. The van der Waals surface area contributed by atoms with Gasteiger partial charge in [-0.15, -0.1) is 0 Å². The maximum Gasteiger partial charge on any atom is 0.337 e. The molecule has 0 atom stereocenters. The number of nitrogens with zero attached hydrogens (tertiary/aromatic N) is 4. The number of fused-ring (bicyclic) bond motifs is 1. The highest BCUT2D eigenvalue weighted by molar-refractivity contribution is 6.37. The van der Waals surface area contributed by atoms with Crippen LogP contribution < -0.4 is 0 Å². The third-order valence-corrected chi connectivity index (χ3v) is 4.72.